The highest BCUT2D eigenvalue weighted by Crippen LogP contribution is 2.38. The number of likely N-dealkylation sites (tertiary alicyclic amines) is 1. The third-order valence-electron chi connectivity index (χ3n) is 4.83. The van der Waals surface area contributed by atoms with E-state index >= 15 is 0 Å². The van der Waals surface area contributed by atoms with E-state index in [1.54, 1.807) is 6.92 Å². The highest BCUT2D eigenvalue weighted by molar-refractivity contribution is 6.07. The number of hydrogen-bond donors (Lipinski definition) is 0. The number of fused-ring (bicyclic) bond motifs is 1. The Morgan fingerprint density at radius 3 is 2.26 bits per heavy atom. The average molecular weight is 315 g/mol. The molecule has 0 spiro atoms. The molecule has 2 amide bonds. The second kappa shape index (κ2) is 6.52. The molecule has 3 atom stereocenters. The zero-order valence-corrected chi connectivity index (χ0v) is 13.2. The number of carbonyl (C=O) groups is 3. The molecule has 2 aliphatic rings. The van der Waals surface area contributed by atoms with Gasteiger partial charge in [-0.25, -0.2) is 4.79 Å². The minimum absolute atomic E-state index is 0.146. The maximum atomic E-state index is 12.5. The summed E-state index contributed by atoms with van der Waals surface area (Å²) < 4.78 is 5.27. The van der Waals surface area contributed by atoms with E-state index < -0.39 is 12.0 Å². The predicted octanol–water partition coefficient (Wildman–Crippen LogP) is 2.29. The van der Waals surface area contributed by atoms with Crippen LogP contribution < -0.4 is 0 Å². The lowest BCUT2D eigenvalue weighted by Gasteiger charge is -2.21. The van der Waals surface area contributed by atoms with Crippen molar-refractivity contribution in [2.75, 3.05) is 0 Å². The van der Waals surface area contributed by atoms with Crippen LogP contribution in [0, 0.1) is 11.8 Å². The van der Waals surface area contributed by atoms with Crippen molar-refractivity contribution in [2.45, 2.75) is 45.3 Å². The highest BCUT2D eigenvalue weighted by atomic mass is 16.5. The molecule has 0 unspecified atom stereocenters. The van der Waals surface area contributed by atoms with Crippen molar-refractivity contribution in [2.24, 2.45) is 11.8 Å². The molecule has 1 aromatic carbocycles. The van der Waals surface area contributed by atoms with Gasteiger partial charge in [-0.1, -0.05) is 43.2 Å². The first kappa shape index (κ1) is 15.7. The van der Waals surface area contributed by atoms with Crippen LogP contribution in [0.1, 0.15) is 38.2 Å². The van der Waals surface area contributed by atoms with Crippen molar-refractivity contribution >= 4 is 17.8 Å². The first-order valence-corrected chi connectivity index (χ1v) is 8.17. The van der Waals surface area contributed by atoms with E-state index in [-0.39, 0.29) is 30.3 Å². The molecule has 0 N–H and O–H groups in total. The van der Waals surface area contributed by atoms with Crippen molar-refractivity contribution < 1.29 is 19.1 Å². The molecular formula is C18H21NO4. The summed E-state index contributed by atoms with van der Waals surface area (Å²) in [4.78, 5) is 38.3. The monoisotopic (exact) mass is 315 g/mol. The lowest BCUT2D eigenvalue weighted by atomic mass is 9.81. The van der Waals surface area contributed by atoms with Crippen molar-refractivity contribution in [3.8, 4) is 0 Å². The minimum atomic E-state index is -0.857. The molecule has 1 saturated carbocycles. The van der Waals surface area contributed by atoms with E-state index in [9.17, 15) is 14.4 Å². The Morgan fingerprint density at radius 2 is 1.70 bits per heavy atom. The lowest BCUT2D eigenvalue weighted by Crippen LogP contribution is -2.44. The molecule has 0 bridgehead atoms. The summed E-state index contributed by atoms with van der Waals surface area (Å²) in [6, 6.07) is 8.48. The molecule has 2 fully saturated rings. The molecule has 1 aliphatic carbocycles. The van der Waals surface area contributed by atoms with Crippen molar-refractivity contribution in [1.82, 2.24) is 4.90 Å². The number of rotatable bonds is 4. The van der Waals surface area contributed by atoms with Gasteiger partial charge in [-0.3, -0.25) is 14.5 Å². The highest BCUT2D eigenvalue weighted by Gasteiger charge is 2.51. The largest absolute Gasteiger partial charge is 0.459 e. The molecule has 1 aromatic rings. The smallest absolute Gasteiger partial charge is 0.329 e. The van der Waals surface area contributed by atoms with E-state index in [1.807, 2.05) is 30.3 Å². The number of nitrogens with zero attached hydrogens (tertiary/aromatic N) is 1. The van der Waals surface area contributed by atoms with E-state index in [0.29, 0.717) is 0 Å². The fourth-order valence-electron chi connectivity index (χ4n) is 3.52. The Labute approximate surface area is 135 Å². The van der Waals surface area contributed by atoms with Gasteiger partial charge in [0.05, 0.1) is 11.8 Å². The fraction of sp³-hybridized carbons (Fsp3) is 0.500. The van der Waals surface area contributed by atoms with Crippen LogP contribution in [0.15, 0.2) is 30.3 Å². The second-order valence-corrected chi connectivity index (χ2v) is 6.31. The normalized spacial score (nSPS) is 25.2. The van der Waals surface area contributed by atoms with Gasteiger partial charge in [0.2, 0.25) is 11.8 Å². The molecule has 5 heteroatoms. The molecule has 23 heavy (non-hydrogen) atoms. The van der Waals surface area contributed by atoms with Crippen LogP contribution in [0.5, 0.6) is 0 Å². The topological polar surface area (TPSA) is 63.7 Å². The summed E-state index contributed by atoms with van der Waals surface area (Å²) >= 11 is 0. The molecule has 3 rings (SSSR count). The third kappa shape index (κ3) is 3.00. The molecule has 1 aliphatic heterocycles. The molecule has 1 saturated heterocycles. The van der Waals surface area contributed by atoms with Crippen molar-refractivity contribution in [3.05, 3.63) is 35.9 Å². The van der Waals surface area contributed by atoms with Crippen LogP contribution in [0.4, 0.5) is 0 Å². The van der Waals surface area contributed by atoms with Gasteiger partial charge in [-0.05, 0) is 25.3 Å². The van der Waals surface area contributed by atoms with Gasteiger partial charge in [-0.2, -0.15) is 0 Å². The van der Waals surface area contributed by atoms with Gasteiger partial charge >= 0.3 is 5.97 Å². The maximum absolute atomic E-state index is 12.5. The number of imide groups is 1. The Balaban J connectivity index is 1.65. The van der Waals surface area contributed by atoms with Crippen LogP contribution in [-0.4, -0.2) is 28.7 Å². The summed E-state index contributed by atoms with van der Waals surface area (Å²) in [5.41, 5.74) is 0.876. The first-order chi connectivity index (χ1) is 11.1. The van der Waals surface area contributed by atoms with Crippen molar-refractivity contribution in [1.29, 1.82) is 0 Å². The maximum Gasteiger partial charge on any atom is 0.329 e. The predicted molar refractivity (Wildman–Crippen MR) is 83.0 cm³/mol. The van der Waals surface area contributed by atoms with Gasteiger partial charge in [0.15, 0.2) is 0 Å². The Morgan fingerprint density at radius 1 is 1.13 bits per heavy atom. The summed E-state index contributed by atoms with van der Waals surface area (Å²) in [5.74, 6) is -1.41. The number of benzene rings is 1. The van der Waals surface area contributed by atoms with E-state index in [2.05, 4.69) is 0 Å². The number of amides is 2. The zero-order chi connectivity index (χ0) is 16.4. The summed E-state index contributed by atoms with van der Waals surface area (Å²) in [7, 11) is 0. The van der Waals surface area contributed by atoms with Crippen LogP contribution >= 0.6 is 0 Å². The molecule has 122 valence electrons. The van der Waals surface area contributed by atoms with Crippen LogP contribution in [0.2, 0.25) is 0 Å². The molecule has 1 heterocycles. The molecule has 5 nitrogen and oxygen atoms in total. The van der Waals surface area contributed by atoms with Gasteiger partial charge < -0.3 is 4.74 Å². The number of hydrogen-bond acceptors (Lipinski definition) is 4. The second-order valence-electron chi connectivity index (χ2n) is 6.31. The Hall–Kier alpha value is -2.17. The van der Waals surface area contributed by atoms with Crippen LogP contribution in [0.25, 0.3) is 0 Å². The average Bonchev–Trinajstić information content (AvgIpc) is 2.84. The van der Waals surface area contributed by atoms with E-state index in [0.717, 1.165) is 36.1 Å². The third-order valence-corrected chi connectivity index (χ3v) is 4.83. The zero-order valence-electron chi connectivity index (χ0n) is 13.2. The van der Waals surface area contributed by atoms with Gasteiger partial charge in [0.1, 0.15) is 12.6 Å². The standard InChI is InChI=1S/C18H21NO4/c1-12(18(22)23-11-13-7-3-2-4-8-13)19-16(20)14-9-5-6-10-15(14)17(19)21/h2-4,7-8,12,14-15H,5-6,9-11H2,1H3/t12-,14+,15+/m0/s1. The summed E-state index contributed by atoms with van der Waals surface area (Å²) in [6.07, 6.45) is 3.44. The number of esters is 1. The van der Waals surface area contributed by atoms with Crippen LogP contribution in [0.3, 0.4) is 0 Å². The SMILES string of the molecule is C[C@@H](C(=O)OCc1ccccc1)N1C(=O)[C@@H]2CCCC[C@H]2C1=O. The number of ether oxygens (including phenoxy) is 1. The molecule has 0 radical (unpaired) electrons. The van der Waals surface area contributed by atoms with E-state index in [4.69, 9.17) is 4.74 Å². The quantitative estimate of drug-likeness (QED) is 0.632. The van der Waals surface area contributed by atoms with Crippen LogP contribution in [-0.2, 0) is 25.7 Å². The summed E-state index contributed by atoms with van der Waals surface area (Å²) in [5, 5.41) is 0. The van der Waals surface area contributed by atoms with E-state index in [1.165, 1.54) is 0 Å². The summed E-state index contributed by atoms with van der Waals surface area (Å²) in [6.45, 7) is 1.72. The van der Waals surface area contributed by atoms with Gasteiger partial charge in [0.25, 0.3) is 0 Å². The molecule has 0 aromatic heterocycles. The minimum Gasteiger partial charge on any atom is -0.459 e. The van der Waals surface area contributed by atoms with Gasteiger partial charge in [0, 0.05) is 0 Å². The number of carbonyl (C=O) groups excluding carboxylic acids is 3. The first-order valence-electron chi connectivity index (χ1n) is 8.17. The van der Waals surface area contributed by atoms with Gasteiger partial charge in [-0.15, -0.1) is 0 Å². The Bertz CT molecular complexity index is 589. The lowest BCUT2D eigenvalue weighted by molar-refractivity contribution is -0.159. The van der Waals surface area contributed by atoms with Crippen molar-refractivity contribution in [3.63, 3.8) is 0 Å². The molecular weight excluding hydrogens is 294 g/mol. The Kier molecular flexibility index (Phi) is 4.46. The fourth-order valence-corrected chi connectivity index (χ4v) is 3.52.